The number of nitrogen functional groups attached to an aromatic ring is 1. The highest BCUT2D eigenvalue weighted by molar-refractivity contribution is 6.31. The van der Waals surface area contributed by atoms with Crippen molar-refractivity contribution in [1.82, 2.24) is 9.97 Å². The summed E-state index contributed by atoms with van der Waals surface area (Å²) in [6, 6.07) is 12.1. The van der Waals surface area contributed by atoms with Crippen molar-refractivity contribution in [3.63, 3.8) is 0 Å². The number of nitrogens with zero attached hydrogens (tertiary/aromatic N) is 2. The van der Waals surface area contributed by atoms with Crippen molar-refractivity contribution in [2.45, 2.75) is 13.1 Å². The zero-order valence-corrected chi connectivity index (χ0v) is 17.4. The van der Waals surface area contributed by atoms with Crippen LogP contribution in [0.25, 0.3) is 11.0 Å². The summed E-state index contributed by atoms with van der Waals surface area (Å²) in [6.45, 7) is 1.62. The lowest BCUT2D eigenvalue weighted by atomic mass is 10.2. The van der Waals surface area contributed by atoms with Gasteiger partial charge in [-0.05, 0) is 49.4 Å². The molecule has 0 atom stereocenters. The Bertz CT molecular complexity index is 1320. The van der Waals surface area contributed by atoms with Gasteiger partial charge in [-0.15, -0.1) is 0 Å². The Morgan fingerprint density at radius 2 is 1.97 bits per heavy atom. The molecule has 0 radical (unpaired) electrons. The Kier molecular flexibility index (Phi) is 5.67. The number of rotatable bonds is 4. The van der Waals surface area contributed by atoms with Gasteiger partial charge in [-0.2, -0.15) is 13.2 Å². The van der Waals surface area contributed by atoms with E-state index in [1.807, 2.05) is 6.07 Å². The fraction of sp³-hybridized carbons (Fsp3) is 0.0909. The molecule has 2 aromatic carbocycles. The molecule has 0 amide bonds. The number of anilines is 2. The lowest BCUT2D eigenvalue weighted by Crippen LogP contribution is -2.10. The number of nitrogens with two attached hydrogens (primary N) is 1. The summed E-state index contributed by atoms with van der Waals surface area (Å²) in [4.78, 5) is 11.6. The highest BCUT2D eigenvalue weighted by Crippen LogP contribution is 2.36. The van der Waals surface area contributed by atoms with Gasteiger partial charge in [0, 0.05) is 24.1 Å². The van der Waals surface area contributed by atoms with Crippen LogP contribution in [0.1, 0.15) is 12.5 Å². The molecule has 0 unspecified atom stereocenters. The van der Waals surface area contributed by atoms with Crippen LogP contribution in [0.3, 0.4) is 0 Å². The molecule has 0 aliphatic heterocycles. The number of hydrogen-bond acceptors (Lipinski definition) is 4. The molecule has 0 aliphatic rings. The fourth-order valence-electron chi connectivity index (χ4n) is 3.09. The van der Waals surface area contributed by atoms with Gasteiger partial charge in [0.1, 0.15) is 23.0 Å². The van der Waals surface area contributed by atoms with Crippen LogP contribution in [0.15, 0.2) is 65.9 Å². The summed E-state index contributed by atoms with van der Waals surface area (Å²) >= 11 is 5.65. The van der Waals surface area contributed by atoms with Crippen LogP contribution >= 0.6 is 11.6 Å². The second-order valence-corrected chi connectivity index (χ2v) is 7.29. The van der Waals surface area contributed by atoms with Crippen molar-refractivity contribution in [2.75, 3.05) is 11.1 Å². The number of amidine groups is 1. The number of hydrogen-bond donors (Lipinski definition) is 3. The van der Waals surface area contributed by atoms with Crippen LogP contribution in [0, 0.1) is 0 Å². The number of aromatic nitrogens is 2. The van der Waals surface area contributed by atoms with Crippen LogP contribution in [-0.4, -0.2) is 15.8 Å². The molecular formula is C22H17ClF3N5O. The largest absolute Gasteiger partial charge is 0.456 e. The molecule has 0 aliphatic carbocycles. The van der Waals surface area contributed by atoms with Crippen molar-refractivity contribution < 1.29 is 17.9 Å². The highest BCUT2D eigenvalue weighted by atomic mass is 35.5. The number of halogens is 4. The van der Waals surface area contributed by atoms with E-state index in [9.17, 15) is 13.2 Å². The highest BCUT2D eigenvalue weighted by Gasteiger charge is 2.33. The number of benzene rings is 2. The third-order valence-electron chi connectivity index (χ3n) is 4.53. The van der Waals surface area contributed by atoms with Crippen LogP contribution < -0.4 is 15.8 Å². The van der Waals surface area contributed by atoms with Crippen molar-refractivity contribution in [2.24, 2.45) is 4.99 Å². The molecule has 0 fully saturated rings. The second-order valence-electron chi connectivity index (χ2n) is 6.89. The van der Waals surface area contributed by atoms with Gasteiger partial charge >= 0.3 is 6.18 Å². The maximum Gasteiger partial charge on any atom is 0.417 e. The first-order chi connectivity index (χ1) is 15.2. The van der Waals surface area contributed by atoms with E-state index in [1.54, 1.807) is 43.6 Å². The van der Waals surface area contributed by atoms with Crippen LogP contribution in [0.4, 0.5) is 30.2 Å². The van der Waals surface area contributed by atoms with Gasteiger partial charge in [0.05, 0.1) is 27.3 Å². The van der Waals surface area contributed by atoms with Gasteiger partial charge in [0.2, 0.25) is 0 Å². The van der Waals surface area contributed by atoms with Gasteiger partial charge in [-0.1, -0.05) is 11.6 Å². The monoisotopic (exact) mass is 459 g/mol. The van der Waals surface area contributed by atoms with E-state index in [2.05, 4.69) is 20.3 Å². The van der Waals surface area contributed by atoms with Gasteiger partial charge < -0.3 is 20.8 Å². The zero-order valence-electron chi connectivity index (χ0n) is 16.7. The minimum absolute atomic E-state index is 0.203. The van der Waals surface area contributed by atoms with Crippen molar-refractivity contribution >= 4 is 45.5 Å². The summed E-state index contributed by atoms with van der Waals surface area (Å²) in [6.07, 6.45) is -1.15. The Hall–Kier alpha value is -3.72. The zero-order chi connectivity index (χ0) is 22.9. The molecule has 6 nitrogen and oxygen atoms in total. The third-order valence-corrected chi connectivity index (χ3v) is 4.86. The molecule has 2 aromatic heterocycles. The first-order valence-corrected chi connectivity index (χ1v) is 9.77. The normalized spacial score (nSPS) is 12.2. The number of alkyl halides is 3. The molecule has 0 saturated heterocycles. The molecular weight excluding hydrogens is 443 g/mol. The predicted octanol–water partition coefficient (Wildman–Crippen LogP) is 6.77. The predicted molar refractivity (Wildman–Crippen MR) is 120 cm³/mol. The van der Waals surface area contributed by atoms with E-state index >= 15 is 0 Å². The molecule has 10 heteroatoms. The Morgan fingerprint density at radius 1 is 1.16 bits per heavy atom. The average Bonchev–Trinajstić information content (AvgIpc) is 3.21. The van der Waals surface area contributed by atoms with E-state index in [0.717, 1.165) is 11.5 Å². The van der Waals surface area contributed by atoms with Crippen molar-refractivity contribution in [3.05, 3.63) is 71.5 Å². The Morgan fingerprint density at radius 3 is 2.72 bits per heavy atom. The summed E-state index contributed by atoms with van der Waals surface area (Å²) in [5.41, 5.74) is 6.87. The summed E-state index contributed by atoms with van der Waals surface area (Å²) in [5.74, 6) is 1.48. The van der Waals surface area contributed by atoms with E-state index in [0.29, 0.717) is 34.4 Å². The van der Waals surface area contributed by atoms with Crippen LogP contribution in [-0.2, 0) is 6.18 Å². The van der Waals surface area contributed by atoms with E-state index in [4.69, 9.17) is 22.1 Å². The number of ether oxygens (including phenoxy) is 1. The minimum Gasteiger partial charge on any atom is -0.456 e. The molecule has 32 heavy (non-hydrogen) atoms. The Balaban J connectivity index is 1.52. The standard InChI is InChI=1S/C22H17ClF3N5O/c1-12(30-13-2-4-17(23)16(10-13)22(24,25)26)31-19-5-3-14(11-18(19)27)32-20-7-9-29-21-15(20)6-8-28-21/h2-11H,27H2,1H3,(H,28,29)(H,30,31). The van der Waals surface area contributed by atoms with Gasteiger partial charge in [-0.25, -0.2) is 9.98 Å². The van der Waals surface area contributed by atoms with Crippen molar-refractivity contribution in [1.29, 1.82) is 0 Å². The molecule has 2 heterocycles. The minimum atomic E-state index is -4.55. The first kappa shape index (κ1) is 21.5. The quantitative estimate of drug-likeness (QED) is 0.178. The number of aromatic amines is 1. The summed E-state index contributed by atoms with van der Waals surface area (Å²) in [5, 5.41) is 3.28. The van der Waals surface area contributed by atoms with Crippen LogP contribution in [0.2, 0.25) is 5.02 Å². The van der Waals surface area contributed by atoms with Gasteiger partial charge in [0.15, 0.2) is 0 Å². The summed E-state index contributed by atoms with van der Waals surface area (Å²) in [7, 11) is 0. The van der Waals surface area contributed by atoms with Crippen molar-refractivity contribution in [3.8, 4) is 11.5 Å². The van der Waals surface area contributed by atoms with E-state index in [-0.39, 0.29) is 10.7 Å². The molecule has 4 rings (SSSR count). The van der Waals surface area contributed by atoms with Gasteiger partial charge in [0.25, 0.3) is 0 Å². The maximum absolute atomic E-state index is 13.1. The second kappa shape index (κ2) is 8.43. The number of nitrogens with one attached hydrogen (secondary N) is 2. The SMILES string of the molecule is CC(=Nc1ccc(Oc2ccnc3[nH]ccc23)cc1N)Nc1ccc(Cl)c(C(F)(F)F)c1. The lowest BCUT2D eigenvalue weighted by Gasteiger charge is -2.13. The van der Waals surface area contributed by atoms with Gasteiger partial charge in [-0.3, -0.25) is 0 Å². The summed E-state index contributed by atoms with van der Waals surface area (Å²) < 4.78 is 45.1. The fourth-order valence-corrected chi connectivity index (χ4v) is 3.31. The molecule has 164 valence electrons. The number of H-pyrrole nitrogens is 1. The maximum atomic E-state index is 13.1. The van der Waals surface area contributed by atoms with Crippen LogP contribution in [0.5, 0.6) is 11.5 Å². The molecule has 4 N–H and O–H groups in total. The molecule has 0 bridgehead atoms. The first-order valence-electron chi connectivity index (χ1n) is 9.39. The lowest BCUT2D eigenvalue weighted by molar-refractivity contribution is -0.137. The third kappa shape index (κ3) is 4.62. The smallest absolute Gasteiger partial charge is 0.417 e. The number of pyridine rings is 1. The van der Waals surface area contributed by atoms with E-state index in [1.165, 1.54) is 12.1 Å². The molecule has 0 spiro atoms. The molecule has 4 aromatic rings. The number of fused-ring (bicyclic) bond motifs is 1. The topological polar surface area (TPSA) is 88.3 Å². The average molecular weight is 460 g/mol. The van der Waals surface area contributed by atoms with E-state index < -0.39 is 11.7 Å². The number of aliphatic imine (C=N–C) groups is 1. The molecule has 0 saturated carbocycles. The Labute approximate surface area is 185 Å².